The van der Waals surface area contributed by atoms with E-state index in [0.717, 1.165) is 5.56 Å². The van der Waals surface area contributed by atoms with Gasteiger partial charge >= 0.3 is 6.18 Å². The van der Waals surface area contributed by atoms with Crippen LogP contribution in [-0.4, -0.2) is 20.9 Å². The van der Waals surface area contributed by atoms with Crippen LogP contribution in [-0.2, 0) is 6.42 Å². The molecular weight excluding hydrogens is 233 g/mol. The van der Waals surface area contributed by atoms with Gasteiger partial charge in [-0.25, -0.2) is 4.52 Å². The van der Waals surface area contributed by atoms with E-state index in [1.54, 1.807) is 13.0 Å². The van der Waals surface area contributed by atoms with Crippen molar-refractivity contribution < 1.29 is 18.3 Å². The Balaban J connectivity index is 2.42. The lowest BCUT2D eigenvalue weighted by Crippen LogP contribution is -2.11. The minimum absolute atomic E-state index is 0.150. The van der Waals surface area contributed by atoms with Gasteiger partial charge in [0.05, 0.1) is 17.4 Å². The normalized spacial score (nSPS) is 12.2. The minimum atomic E-state index is -4.24. The summed E-state index contributed by atoms with van der Waals surface area (Å²) in [6.07, 6.45) is -4.00. The average molecular weight is 244 g/mol. The predicted octanol–water partition coefficient (Wildman–Crippen LogP) is 2.84. The molecule has 17 heavy (non-hydrogen) atoms. The Hall–Kier alpha value is -1.72. The van der Waals surface area contributed by atoms with Crippen molar-refractivity contribution in [2.75, 3.05) is 0 Å². The molecule has 0 aliphatic rings. The maximum atomic E-state index is 12.2. The average Bonchev–Trinajstić information content (AvgIpc) is 2.64. The molecule has 0 atom stereocenters. The molecule has 0 saturated carbocycles. The summed E-state index contributed by atoms with van der Waals surface area (Å²) in [6.45, 7) is 1.77. The first kappa shape index (κ1) is 11.8. The SMILES string of the molecule is Cc1cc(O)c(CCC(F)(F)F)n2nccc12. The Kier molecular flexibility index (Phi) is 2.73. The van der Waals surface area contributed by atoms with Gasteiger partial charge < -0.3 is 5.11 Å². The summed E-state index contributed by atoms with van der Waals surface area (Å²) >= 11 is 0. The number of pyridine rings is 1. The Labute approximate surface area is 95.5 Å². The smallest absolute Gasteiger partial charge is 0.389 e. The Morgan fingerprint density at radius 2 is 2.12 bits per heavy atom. The van der Waals surface area contributed by atoms with Crippen LogP contribution >= 0.6 is 0 Å². The standard InChI is InChI=1S/C11H11F3N2O/c1-7-6-10(17)9(2-4-11(12,13)14)16-8(7)3-5-15-16/h3,5-6,17H,2,4H2,1H3. The van der Waals surface area contributed by atoms with E-state index in [1.807, 2.05) is 0 Å². The van der Waals surface area contributed by atoms with Crippen molar-refractivity contribution in [1.82, 2.24) is 9.61 Å². The fraction of sp³-hybridized carbons (Fsp3) is 0.364. The number of aromatic nitrogens is 2. The molecule has 3 nitrogen and oxygen atoms in total. The summed E-state index contributed by atoms with van der Waals surface area (Å²) in [5.41, 5.74) is 1.67. The highest BCUT2D eigenvalue weighted by Gasteiger charge is 2.28. The molecule has 0 unspecified atom stereocenters. The number of hydrogen-bond donors (Lipinski definition) is 1. The van der Waals surface area contributed by atoms with Crippen molar-refractivity contribution in [3.8, 4) is 5.75 Å². The summed E-state index contributed by atoms with van der Waals surface area (Å²) in [4.78, 5) is 0. The number of aromatic hydroxyl groups is 1. The van der Waals surface area contributed by atoms with E-state index in [2.05, 4.69) is 5.10 Å². The highest BCUT2D eigenvalue weighted by atomic mass is 19.4. The third-order valence-electron chi connectivity index (χ3n) is 2.60. The molecule has 0 fully saturated rings. The second-order valence-electron chi connectivity index (χ2n) is 3.90. The van der Waals surface area contributed by atoms with Crippen molar-refractivity contribution in [1.29, 1.82) is 0 Å². The molecule has 0 aromatic carbocycles. The van der Waals surface area contributed by atoms with E-state index in [1.165, 1.54) is 16.8 Å². The highest BCUT2D eigenvalue weighted by molar-refractivity contribution is 5.57. The highest BCUT2D eigenvalue weighted by Crippen LogP contribution is 2.27. The molecule has 1 N–H and O–H groups in total. The molecule has 2 aromatic rings. The van der Waals surface area contributed by atoms with Gasteiger partial charge in [0.2, 0.25) is 0 Å². The summed E-state index contributed by atoms with van der Waals surface area (Å²) in [5, 5.41) is 13.6. The van der Waals surface area contributed by atoms with Gasteiger partial charge in [0.1, 0.15) is 5.75 Å². The molecule has 2 rings (SSSR count). The first-order valence-corrected chi connectivity index (χ1v) is 5.10. The first-order chi connectivity index (χ1) is 7.88. The quantitative estimate of drug-likeness (QED) is 0.882. The third kappa shape index (κ3) is 2.35. The fourth-order valence-corrected chi connectivity index (χ4v) is 1.78. The number of nitrogens with zero attached hydrogens (tertiary/aromatic N) is 2. The van der Waals surface area contributed by atoms with E-state index in [9.17, 15) is 18.3 Å². The van der Waals surface area contributed by atoms with Crippen molar-refractivity contribution >= 4 is 5.52 Å². The van der Waals surface area contributed by atoms with Crippen LogP contribution in [0.15, 0.2) is 18.3 Å². The maximum absolute atomic E-state index is 12.2. The van der Waals surface area contributed by atoms with Crippen LogP contribution in [0.25, 0.3) is 5.52 Å². The summed E-state index contributed by atoms with van der Waals surface area (Å²) in [7, 11) is 0. The van der Waals surface area contributed by atoms with Crippen LogP contribution in [0.3, 0.4) is 0 Å². The van der Waals surface area contributed by atoms with Gasteiger partial charge in [-0.2, -0.15) is 18.3 Å². The zero-order chi connectivity index (χ0) is 12.6. The largest absolute Gasteiger partial charge is 0.506 e. The molecule has 0 bridgehead atoms. The van der Waals surface area contributed by atoms with Gasteiger partial charge in [0, 0.05) is 12.8 Å². The Bertz CT molecular complexity index is 545. The zero-order valence-corrected chi connectivity index (χ0v) is 9.12. The summed E-state index contributed by atoms with van der Waals surface area (Å²) in [6, 6.07) is 3.16. The number of fused-ring (bicyclic) bond motifs is 1. The molecule has 2 aromatic heterocycles. The lowest BCUT2D eigenvalue weighted by atomic mass is 10.1. The zero-order valence-electron chi connectivity index (χ0n) is 9.12. The van der Waals surface area contributed by atoms with Gasteiger partial charge in [0.15, 0.2) is 0 Å². The predicted molar refractivity (Wildman–Crippen MR) is 56.0 cm³/mol. The molecule has 0 radical (unpaired) electrons. The van der Waals surface area contributed by atoms with Gasteiger partial charge in [0.25, 0.3) is 0 Å². The molecule has 0 aliphatic carbocycles. The monoisotopic (exact) mass is 244 g/mol. The van der Waals surface area contributed by atoms with Gasteiger partial charge in [-0.05, 0) is 24.6 Å². The Morgan fingerprint density at radius 1 is 1.41 bits per heavy atom. The van der Waals surface area contributed by atoms with Crippen LogP contribution in [0.5, 0.6) is 5.75 Å². The molecule has 6 heteroatoms. The van der Waals surface area contributed by atoms with E-state index < -0.39 is 12.6 Å². The minimum Gasteiger partial charge on any atom is -0.506 e. The third-order valence-corrected chi connectivity index (χ3v) is 2.60. The molecule has 0 aliphatic heterocycles. The topological polar surface area (TPSA) is 37.5 Å². The molecular formula is C11H11F3N2O. The second kappa shape index (κ2) is 3.94. The molecule has 92 valence electrons. The summed E-state index contributed by atoms with van der Waals surface area (Å²) < 4.78 is 37.9. The van der Waals surface area contributed by atoms with Crippen LogP contribution in [0.4, 0.5) is 13.2 Å². The van der Waals surface area contributed by atoms with Crippen molar-refractivity contribution in [3.63, 3.8) is 0 Å². The van der Waals surface area contributed by atoms with Crippen LogP contribution in [0.2, 0.25) is 0 Å². The Morgan fingerprint density at radius 3 is 2.76 bits per heavy atom. The number of hydrogen-bond acceptors (Lipinski definition) is 2. The van der Waals surface area contributed by atoms with E-state index in [-0.39, 0.29) is 17.9 Å². The van der Waals surface area contributed by atoms with Crippen LogP contribution in [0, 0.1) is 6.92 Å². The molecule has 0 amide bonds. The number of halogens is 3. The van der Waals surface area contributed by atoms with E-state index in [0.29, 0.717) is 5.52 Å². The number of rotatable bonds is 2. The van der Waals surface area contributed by atoms with E-state index in [4.69, 9.17) is 0 Å². The first-order valence-electron chi connectivity index (χ1n) is 5.10. The van der Waals surface area contributed by atoms with Crippen LogP contribution in [0.1, 0.15) is 17.7 Å². The van der Waals surface area contributed by atoms with Crippen molar-refractivity contribution in [2.45, 2.75) is 25.9 Å². The van der Waals surface area contributed by atoms with Gasteiger partial charge in [-0.3, -0.25) is 0 Å². The molecule has 2 heterocycles. The molecule has 0 spiro atoms. The second-order valence-corrected chi connectivity index (χ2v) is 3.90. The van der Waals surface area contributed by atoms with Gasteiger partial charge in [-0.15, -0.1) is 0 Å². The van der Waals surface area contributed by atoms with Gasteiger partial charge in [-0.1, -0.05) is 0 Å². The number of aryl methyl sites for hydroxylation is 2. The maximum Gasteiger partial charge on any atom is 0.389 e. The lowest BCUT2D eigenvalue weighted by Gasteiger charge is -2.11. The van der Waals surface area contributed by atoms with E-state index >= 15 is 0 Å². The van der Waals surface area contributed by atoms with Crippen molar-refractivity contribution in [3.05, 3.63) is 29.6 Å². The fourth-order valence-electron chi connectivity index (χ4n) is 1.78. The number of alkyl halides is 3. The summed E-state index contributed by atoms with van der Waals surface area (Å²) in [5.74, 6) is -0.150. The van der Waals surface area contributed by atoms with Crippen molar-refractivity contribution in [2.24, 2.45) is 0 Å². The lowest BCUT2D eigenvalue weighted by molar-refractivity contribution is -0.134. The molecule has 0 saturated heterocycles. The van der Waals surface area contributed by atoms with Crippen LogP contribution < -0.4 is 0 Å².